The summed E-state index contributed by atoms with van der Waals surface area (Å²) in [5.74, 6) is 2.41. The van der Waals surface area contributed by atoms with Gasteiger partial charge < -0.3 is 14.5 Å². The third kappa shape index (κ3) is 4.19. The van der Waals surface area contributed by atoms with Crippen molar-refractivity contribution in [2.24, 2.45) is 5.11 Å². The summed E-state index contributed by atoms with van der Waals surface area (Å²) in [5.41, 5.74) is 10.5. The van der Waals surface area contributed by atoms with Crippen molar-refractivity contribution in [2.75, 3.05) is 19.0 Å². The number of methoxy groups -OCH3 is 1. The summed E-state index contributed by atoms with van der Waals surface area (Å²) in [6.45, 7) is 3.02. The highest BCUT2D eigenvalue weighted by Crippen LogP contribution is 2.21. The minimum absolute atomic E-state index is 0.439. The van der Waals surface area contributed by atoms with Crippen LogP contribution in [0.1, 0.15) is 16.9 Å². The number of rotatable bonds is 7. The lowest BCUT2D eigenvalue weighted by molar-refractivity contribution is 0.414. The number of hydrogen-bond acceptors (Lipinski definition) is 4. The summed E-state index contributed by atoms with van der Waals surface area (Å²) in [6, 6.07) is 9.81. The molecule has 0 saturated heterocycles. The second-order valence-corrected chi connectivity index (χ2v) is 4.60. The van der Waals surface area contributed by atoms with E-state index < -0.39 is 0 Å². The lowest BCUT2D eigenvalue weighted by atomic mass is 10.2. The number of furan rings is 1. The molecule has 1 heterocycles. The molecule has 110 valence electrons. The maximum atomic E-state index is 8.28. The number of aryl methyl sites for hydroxylation is 1. The first kappa shape index (κ1) is 14.8. The highest BCUT2D eigenvalue weighted by atomic mass is 16.5. The zero-order valence-corrected chi connectivity index (χ0v) is 12.2. The molecule has 0 spiro atoms. The molecule has 0 atom stereocenters. The first-order valence-electron chi connectivity index (χ1n) is 6.70. The van der Waals surface area contributed by atoms with E-state index in [4.69, 9.17) is 14.7 Å². The lowest BCUT2D eigenvalue weighted by Crippen LogP contribution is -1.98. The Morgan fingerprint density at radius 3 is 2.76 bits per heavy atom. The number of hydrogen-bond donors (Lipinski definition) is 1. The summed E-state index contributed by atoms with van der Waals surface area (Å²) in [6.07, 6.45) is 0.684. The average molecular weight is 286 g/mol. The van der Waals surface area contributed by atoms with Gasteiger partial charge in [0.2, 0.25) is 0 Å². The molecule has 0 fully saturated rings. The number of nitrogens with one attached hydrogen (secondary N) is 1. The average Bonchev–Trinajstić information content (AvgIpc) is 2.86. The molecule has 6 heteroatoms. The molecule has 0 amide bonds. The van der Waals surface area contributed by atoms with Gasteiger partial charge in [0.15, 0.2) is 5.88 Å². The van der Waals surface area contributed by atoms with Crippen molar-refractivity contribution in [2.45, 2.75) is 19.9 Å². The normalized spacial score (nSPS) is 10.0. The van der Waals surface area contributed by atoms with Crippen molar-refractivity contribution >= 4 is 5.88 Å². The molecule has 0 saturated carbocycles. The van der Waals surface area contributed by atoms with Crippen LogP contribution >= 0.6 is 0 Å². The van der Waals surface area contributed by atoms with Gasteiger partial charge in [-0.1, -0.05) is 17.2 Å². The molecule has 0 bridgehead atoms. The predicted octanol–water partition coefficient (Wildman–Crippen LogP) is 4.06. The maximum absolute atomic E-state index is 8.28. The van der Waals surface area contributed by atoms with Crippen LogP contribution in [-0.2, 0) is 13.0 Å². The van der Waals surface area contributed by atoms with Gasteiger partial charge in [-0.05, 0) is 42.1 Å². The van der Waals surface area contributed by atoms with Crippen LogP contribution in [-0.4, -0.2) is 13.7 Å². The van der Waals surface area contributed by atoms with Crippen molar-refractivity contribution < 1.29 is 9.15 Å². The molecule has 1 aromatic heterocycles. The van der Waals surface area contributed by atoms with Crippen molar-refractivity contribution in [3.63, 3.8) is 0 Å². The molecule has 2 rings (SSSR count). The van der Waals surface area contributed by atoms with Gasteiger partial charge in [0, 0.05) is 24.1 Å². The van der Waals surface area contributed by atoms with Crippen LogP contribution in [0.5, 0.6) is 5.75 Å². The third-order valence-electron chi connectivity index (χ3n) is 3.19. The van der Waals surface area contributed by atoms with Crippen LogP contribution < -0.4 is 10.1 Å². The van der Waals surface area contributed by atoms with Gasteiger partial charge in [-0.15, -0.1) is 0 Å². The van der Waals surface area contributed by atoms with E-state index in [0.29, 0.717) is 19.5 Å². The minimum atomic E-state index is 0.439. The van der Waals surface area contributed by atoms with Gasteiger partial charge in [-0.25, -0.2) is 0 Å². The van der Waals surface area contributed by atoms with Crippen LogP contribution in [0.4, 0.5) is 5.88 Å². The van der Waals surface area contributed by atoms with Crippen LogP contribution in [0.2, 0.25) is 0 Å². The summed E-state index contributed by atoms with van der Waals surface area (Å²) in [7, 11) is 1.65. The molecular weight excluding hydrogens is 268 g/mol. The fourth-order valence-corrected chi connectivity index (χ4v) is 2.00. The van der Waals surface area contributed by atoms with Crippen LogP contribution in [0.15, 0.2) is 39.9 Å². The van der Waals surface area contributed by atoms with E-state index >= 15 is 0 Å². The standard InChI is InChI=1S/C15H18N4O2/c1-11-13(7-8-18-19-16)9-15(21-11)17-10-12-3-5-14(20-2)6-4-12/h3-6,9,17H,7-8,10H2,1-2H3. The Balaban J connectivity index is 1.93. The smallest absolute Gasteiger partial charge is 0.193 e. The molecular formula is C15H18N4O2. The quantitative estimate of drug-likeness (QED) is 0.473. The molecule has 0 aliphatic carbocycles. The Morgan fingerprint density at radius 1 is 1.33 bits per heavy atom. The van der Waals surface area contributed by atoms with Gasteiger partial charge in [-0.2, -0.15) is 0 Å². The van der Waals surface area contributed by atoms with E-state index in [1.165, 1.54) is 0 Å². The third-order valence-corrected chi connectivity index (χ3v) is 3.19. The fraction of sp³-hybridized carbons (Fsp3) is 0.333. The van der Waals surface area contributed by atoms with E-state index in [2.05, 4.69) is 15.3 Å². The SMILES string of the molecule is COc1ccc(CNc2cc(CCN=[N+]=[N-])c(C)o2)cc1. The number of ether oxygens (including phenoxy) is 1. The molecule has 0 aliphatic heterocycles. The second-order valence-electron chi connectivity index (χ2n) is 4.60. The van der Waals surface area contributed by atoms with Gasteiger partial charge in [0.05, 0.1) is 7.11 Å². The largest absolute Gasteiger partial charge is 0.497 e. The minimum Gasteiger partial charge on any atom is -0.497 e. The molecule has 0 radical (unpaired) electrons. The Hall–Kier alpha value is -2.59. The van der Waals surface area contributed by atoms with Crippen LogP contribution in [0.3, 0.4) is 0 Å². The van der Waals surface area contributed by atoms with E-state index in [1.54, 1.807) is 7.11 Å². The first-order chi connectivity index (χ1) is 10.2. The zero-order valence-electron chi connectivity index (χ0n) is 12.2. The second kappa shape index (κ2) is 7.26. The molecule has 21 heavy (non-hydrogen) atoms. The molecule has 0 unspecified atom stereocenters. The van der Waals surface area contributed by atoms with E-state index in [9.17, 15) is 0 Å². The van der Waals surface area contributed by atoms with Gasteiger partial charge >= 0.3 is 0 Å². The van der Waals surface area contributed by atoms with Crippen molar-refractivity contribution in [3.05, 3.63) is 57.7 Å². The maximum Gasteiger partial charge on any atom is 0.193 e. The Labute approximate surface area is 123 Å². The fourth-order valence-electron chi connectivity index (χ4n) is 2.00. The topological polar surface area (TPSA) is 83.2 Å². The number of nitrogens with zero attached hydrogens (tertiary/aromatic N) is 3. The highest BCUT2D eigenvalue weighted by molar-refractivity contribution is 5.39. The highest BCUT2D eigenvalue weighted by Gasteiger charge is 2.06. The monoisotopic (exact) mass is 286 g/mol. The summed E-state index contributed by atoms with van der Waals surface area (Å²) in [5, 5.41) is 6.77. The van der Waals surface area contributed by atoms with Crippen molar-refractivity contribution in [3.8, 4) is 5.75 Å². The predicted molar refractivity (Wildman–Crippen MR) is 81.5 cm³/mol. The number of benzene rings is 1. The van der Waals surface area contributed by atoms with Crippen molar-refractivity contribution in [1.82, 2.24) is 0 Å². The Morgan fingerprint density at radius 2 is 2.10 bits per heavy atom. The lowest BCUT2D eigenvalue weighted by Gasteiger charge is -2.04. The molecule has 0 aliphatic rings. The zero-order chi connectivity index (χ0) is 15.1. The molecule has 1 N–H and O–H groups in total. The number of anilines is 1. The summed E-state index contributed by atoms with van der Waals surface area (Å²) >= 11 is 0. The van der Waals surface area contributed by atoms with Gasteiger partial charge in [0.25, 0.3) is 0 Å². The Kier molecular flexibility index (Phi) is 5.12. The van der Waals surface area contributed by atoms with Gasteiger partial charge in [0.1, 0.15) is 11.5 Å². The Bertz CT molecular complexity index is 628. The molecule has 2 aromatic rings. The van der Waals surface area contributed by atoms with E-state index in [0.717, 1.165) is 28.5 Å². The van der Waals surface area contributed by atoms with E-state index in [1.807, 2.05) is 37.3 Å². The van der Waals surface area contributed by atoms with E-state index in [-0.39, 0.29) is 0 Å². The summed E-state index contributed by atoms with van der Waals surface area (Å²) < 4.78 is 10.8. The van der Waals surface area contributed by atoms with Crippen LogP contribution in [0, 0.1) is 6.92 Å². The number of azide groups is 1. The van der Waals surface area contributed by atoms with Gasteiger partial charge in [-0.3, -0.25) is 0 Å². The summed E-state index contributed by atoms with van der Waals surface area (Å²) in [4.78, 5) is 2.75. The first-order valence-corrected chi connectivity index (χ1v) is 6.70. The molecule has 1 aromatic carbocycles. The molecule has 6 nitrogen and oxygen atoms in total. The van der Waals surface area contributed by atoms with Crippen molar-refractivity contribution in [1.29, 1.82) is 0 Å². The van der Waals surface area contributed by atoms with Crippen LogP contribution in [0.25, 0.3) is 10.4 Å².